The number of hydrogen-bond donors (Lipinski definition) is 8. The number of aliphatic carboxylic acids is 2. The first-order valence-electron chi connectivity index (χ1n) is 11.3. The zero-order chi connectivity index (χ0) is 28.0. The number of H-pyrrole nitrogens is 1. The molecule has 0 radical (unpaired) electrons. The smallest absolute Gasteiger partial charge is 0.326 e. The van der Waals surface area contributed by atoms with Crippen LogP contribution in [-0.4, -0.2) is 91.9 Å². The fourth-order valence-corrected chi connectivity index (χ4v) is 3.60. The van der Waals surface area contributed by atoms with Gasteiger partial charge >= 0.3 is 11.9 Å². The van der Waals surface area contributed by atoms with Crippen molar-refractivity contribution < 1.29 is 39.0 Å². The van der Waals surface area contributed by atoms with Gasteiger partial charge in [-0.1, -0.05) is 0 Å². The SMILES string of the molecule is CSCCC(N)C(=O)NC(Cc1cnc[nH]1)C(=O)NC(CCC(=O)O)C(=O)NC(CCC(N)=O)C(=O)O. The maximum atomic E-state index is 13.1. The van der Waals surface area contributed by atoms with Crippen LogP contribution in [0.1, 0.15) is 37.8 Å². The van der Waals surface area contributed by atoms with Gasteiger partial charge in [-0.25, -0.2) is 9.78 Å². The third-order valence-corrected chi connectivity index (χ3v) is 5.80. The molecule has 4 unspecified atom stereocenters. The fourth-order valence-electron chi connectivity index (χ4n) is 3.11. The Morgan fingerprint density at radius 1 is 0.946 bits per heavy atom. The molecule has 37 heavy (non-hydrogen) atoms. The minimum absolute atomic E-state index is 0.0452. The molecule has 1 aromatic rings. The van der Waals surface area contributed by atoms with Crippen molar-refractivity contribution in [3.05, 3.63) is 18.2 Å². The van der Waals surface area contributed by atoms with Gasteiger partial charge in [0, 0.05) is 31.2 Å². The third kappa shape index (κ3) is 12.2. The molecule has 0 saturated carbocycles. The van der Waals surface area contributed by atoms with E-state index in [1.54, 1.807) is 0 Å². The number of nitrogens with one attached hydrogen (secondary N) is 4. The number of carbonyl (C=O) groups is 6. The number of thioether (sulfide) groups is 1. The fraction of sp³-hybridized carbons (Fsp3) is 0.571. The largest absolute Gasteiger partial charge is 0.481 e. The number of aromatic amines is 1. The first-order valence-corrected chi connectivity index (χ1v) is 12.7. The zero-order valence-corrected chi connectivity index (χ0v) is 21.1. The summed E-state index contributed by atoms with van der Waals surface area (Å²) in [5.74, 6) is -5.25. The van der Waals surface area contributed by atoms with Gasteiger partial charge in [0.25, 0.3) is 0 Å². The van der Waals surface area contributed by atoms with Gasteiger partial charge < -0.3 is 42.6 Å². The van der Waals surface area contributed by atoms with E-state index in [0.717, 1.165) is 0 Å². The normalized spacial score (nSPS) is 14.0. The van der Waals surface area contributed by atoms with E-state index >= 15 is 0 Å². The number of amides is 4. The van der Waals surface area contributed by atoms with Crippen molar-refractivity contribution in [2.75, 3.05) is 12.0 Å². The van der Waals surface area contributed by atoms with Crippen LogP contribution in [0.3, 0.4) is 0 Å². The molecule has 1 heterocycles. The number of carboxylic acid groups (broad SMARTS) is 2. The van der Waals surface area contributed by atoms with E-state index in [9.17, 15) is 33.9 Å². The predicted molar refractivity (Wildman–Crippen MR) is 132 cm³/mol. The lowest BCUT2D eigenvalue weighted by Gasteiger charge is -2.25. The van der Waals surface area contributed by atoms with Crippen molar-refractivity contribution in [1.29, 1.82) is 0 Å². The average molecular weight is 544 g/mol. The third-order valence-electron chi connectivity index (χ3n) is 5.16. The molecule has 206 valence electrons. The summed E-state index contributed by atoms with van der Waals surface area (Å²) in [7, 11) is 0. The minimum Gasteiger partial charge on any atom is -0.481 e. The van der Waals surface area contributed by atoms with Crippen molar-refractivity contribution in [2.45, 2.75) is 62.7 Å². The molecule has 0 bridgehead atoms. The summed E-state index contributed by atoms with van der Waals surface area (Å²) in [6, 6.07) is -5.06. The Morgan fingerprint density at radius 2 is 1.54 bits per heavy atom. The van der Waals surface area contributed by atoms with E-state index in [1.165, 1.54) is 24.3 Å². The molecular weight excluding hydrogens is 510 g/mol. The molecule has 4 amide bonds. The van der Waals surface area contributed by atoms with Crippen LogP contribution in [0.4, 0.5) is 0 Å². The van der Waals surface area contributed by atoms with Crippen LogP contribution in [0.2, 0.25) is 0 Å². The number of carbonyl (C=O) groups excluding carboxylic acids is 4. The van der Waals surface area contributed by atoms with Gasteiger partial charge in [-0.3, -0.25) is 24.0 Å². The number of imidazole rings is 1. The topological polar surface area (TPSA) is 260 Å². The standard InChI is InChI=1S/C21H33N7O8S/c1-37-7-6-12(22)18(32)28-15(8-11-9-24-10-25-11)20(34)26-13(3-5-17(30)31)19(33)27-14(21(35)36)2-4-16(23)29/h9-10,12-15H,2-8,22H2,1H3,(H2,23,29)(H,24,25)(H,26,34)(H,27,33)(H,28,32)(H,30,31)(H,35,36). The highest BCUT2D eigenvalue weighted by atomic mass is 32.2. The molecule has 4 atom stereocenters. The van der Waals surface area contributed by atoms with Crippen LogP contribution in [0.5, 0.6) is 0 Å². The second kappa shape index (κ2) is 16.2. The molecule has 0 aromatic carbocycles. The maximum absolute atomic E-state index is 13.1. The van der Waals surface area contributed by atoms with E-state index in [-0.39, 0.29) is 25.7 Å². The molecule has 1 aromatic heterocycles. The summed E-state index contributed by atoms with van der Waals surface area (Å²) in [6.45, 7) is 0. The molecule has 16 heteroatoms. The van der Waals surface area contributed by atoms with Gasteiger partial charge in [-0.15, -0.1) is 0 Å². The van der Waals surface area contributed by atoms with Crippen LogP contribution in [0.25, 0.3) is 0 Å². The molecule has 1 rings (SSSR count). The Kier molecular flexibility index (Phi) is 13.7. The first-order chi connectivity index (χ1) is 17.4. The molecule has 0 aliphatic rings. The monoisotopic (exact) mass is 543 g/mol. The van der Waals surface area contributed by atoms with Gasteiger partial charge in [-0.05, 0) is 31.3 Å². The van der Waals surface area contributed by atoms with Gasteiger partial charge in [0.2, 0.25) is 23.6 Å². The van der Waals surface area contributed by atoms with Gasteiger partial charge in [0.05, 0.1) is 12.4 Å². The number of primary amides is 1. The number of aromatic nitrogens is 2. The van der Waals surface area contributed by atoms with E-state index in [0.29, 0.717) is 17.9 Å². The minimum atomic E-state index is -1.50. The number of hydrogen-bond acceptors (Lipinski definition) is 9. The predicted octanol–water partition coefficient (Wildman–Crippen LogP) is -2.30. The maximum Gasteiger partial charge on any atom is 0.326 e. The quantitative estimate of drug-likeness (QED) is 0.0976. The van der Waals surface area contributed by atoms with Crippen molar-refractivity contribution in [1.82, 2.24) is 25.9 Å². The van der Waals surface area contributed by atoms with Crippen LogP contribution in [-0.2, 0) is 35.2 Å². The number of rotatable bonds is 18. The van der Waals surface area contributed by atoms with Gasteiger partial charge in [-0.2, -0.15) is 11.8 Å². The summed E-state index contributed by atoms with van der Waals surface area (Å²) in [5, 5.41) is 25.5. The number of carboxylic acids is 2. The van der Waals surface area contributed by atoms with Crippen molar-refractivity contribution in [3.63, 3.8) is 0 Å². The molecule has 0 saturated heterocycles. The molecule has 0 aliphatic carbocycles. The summed E-state index contributed by atoms with van der Waals surface area (Å²) < 4.78 is 0. The Morgan fingerprint density at radius 3 is 2.08 bits per heavy atom. The summed E-state index contributed by atoms with van der Waals surface area (Å²) in [4.78, 5) is 78.8. The van der Waals surface area contributed by atoms with Crippen LogP contribution < -0.4 is 27.4 Å². The lowest BCUT2D eigenvalue weighted by atomic mass is 10.1. The highest BCUT2D eigenvalue weighted by molar-refractivity contribution is 7.98. The number of nitrogens with zero attached hydrogens (tertiary/aromatic N) is 1. The lowest BCUT2D eigenvalue weighted by molar-refractivity contribution is -0.143. The summed E-state index contributed by atoms with van der Waals surface area (Å²) >= 11 is 1.50. The van der Waals surface area contributed by atoms with Crippen LogP contribution in [0.15, 0.2) is 12.5 Å². The molecule has 10 N–H and O–H groups in total. The van der Waals surface area contributed by atoms with Gasteiger partial charge in [0.15, 0.2) is 0 Å². The van der Waals surface area contributed by atoms with Crippen LogP contribution in [0, 0.1) is 0 Å². The van der Waals surface area contributed by atoms with E-state index in [4.69, 9.17) is 16.6 Å². The van der Waals surface area contributed by atoms with Crippen molar-refractivity contribution in [3.8, 4) is 0 Å². The zero-order valence-electron chi connectivity index (χ0n) is 20.3. The van der Waals surface area contributed by atoms with E-state index in [2.05, 4.69) is 25.9 Å². The van der Waals surface area contributed by atoms with Gasteiger partial charge in [0.1, 0.15) is 18.1 Å². The Labute approximate surface area is 216 Å². The Balaban J connectivity index is 3.05. The molecule has 0 aliphatic heterocycles. The first kappa shape index (κ1) is 31.4. The highest BCUT2D eigenvalue weighted by Crippen LogP contribution is 2.06. The molecule has 0 spiro atoms. The summed E-state index contributed by atoms with van der Waals surface area (Å²) in [5.41, 5.74) is 11.4. The van der Waals surface area contributed by atoms with E-state index in [1.807, 2.05) is 6.26 Å². The molecule has 15 nitrogen and oxygen atoms in total. The van der Waals surface area contributed by atoms with Crippen molar-refractivity contribution >= 4 is 47.3 Å². The molecular formula is C21H33N7O8S. The lowest BCUT2D eigenvalue weighted by Crippen LogP contribution is -2.57. The van der Waals surface area contributed by atoms with E-state index < -0.39 is 66.2 Å². The summed E-state index contributed by atoms with van der Waals surface area (Å²) in [6.07, 6.45) is 3.46. The van der Waals surface area contributed by atoms with Crippen molar-refractivity contribution in [2.24, 2.45) is 11.5 Å². The molecule has 0 fully saturated rings. The van der Waals surface area contributed by atoms with Crippen LogP contribution >= 0.6 is 11.8 Å². The Bertz CT molecular complexity index is 943. The average Bonchev–Trinajstić information content (AvgIpc) is 3.34. The second-order valence-electron chi connectivity index (χ2n) is 8.13. The second-order valence-corrected chi connectivity index (χ2v) is 9.11. The Hall–Kier alpha value is -3.66. The highest BCUT2D eigenvalue weighted by Gasteiger charge is 2.31. The number of nitrogens with two attached hydrogens (primary N) is 2.